The predicted molar refractivity (Wildman–Crippen MR) is 112 cm³/mol. The number of hydrogen-bond donors (Lipinski definition) is 1. The van der Waals surface area contributed by atoms with Gasteiger partial charge >= 0.3 is 0 Å². The highest BCUT2D eigenvalue weighted by Gasteiger charge is 2.19. The van der Waals surface area contributed by atoms with Crippen LogP contribution in [0, 0.1) is 20.8 Å². The summed E-state index contributed by atoms with van der Waals surface area (Å²) in [4.78, 5) is 17.1. The highest BCUT2D eigenvalue weighted by Crippen LogP contribution is 2.23. The van der Waals surface area contributed by atoms with Gasteiger partial charge in [-0.05, 0) is 49.1 Å². The van der Waals surface area contributed by atoms with E-state index in [9.17, 15) is 4.79 Å². The lowest BCUT2D eigenvalue weighted by atomic mass is 10.1. The van der Waals surface area contributed by atoms with Crippen LogP contribution in [-0.4, -0.2) is 43.5 Å². The Kier molecular flexibility index (Phi) is 6.51. The van der Waals surface area contributed by atoms with Crippen LogP contribution < -0.4 is 10.2 Å². The molecule has 0 saturated carbocycles. The molecule has 2 aromatic rings. The Hall–Kier alpha value is -2.33. The molecule has 0 atom stereocenters. The van der Waals surface area contributed by atoms with Gasteiger partial charge in [0.2, 0.25) is 5.91 Å². The minimum atomic E-state index is 0.134. The summed E-state index contributed by atoms with van der Waals surface area (Å²) in [7, 11) is 0. The molecule has 27 heavy (non-hydrogen) atoms. The molecular formula is C23H31N3O. The molecule has 2 aromatic carbocycles. The molecule has 1 heterocycles. The highest BCUT2D eigenvalue weighted by atomic mass is 16.1. The highest BCUT2D eigenvalue weighted by molar-refractivity contribution is 5.76. The molecule has 3 rings (SSSR count). The lowest BCUT2D eigenvalue weighted by Crippen LogP contribution is -2.47. The number of anilines is 1. The number of rotatable bonds is 6. The number of nitrogens with zero attached hydrogens (tertiary/aromatic N) is 2. The van der Waals surface area contributed by atoms with E-state index in [-0.39, 0.29) is 5.91 Å². The lowest BCUT2D eigenvalue weighted by Gasteiger charge is -2.37. The average molecular weight is 366 g/mol. The van der Waals surface area contributed by atoms with Crippen molar-refractivity contribution in [3.05, 3.63) is 64.7 Å². The summed E-state index contributed by atoms with van der Waals surface area (Å²) in [5.74, 6) is 0.134. The van der Waals surface area contributed by atoms with Gasteiger partial charge < -0.3 is 10.2 Å². The quantitative estimate of drug-likeness (QED) is 0.852. The first-order valence-electron chi connectivity index (χ1n) is 9.89. The molecule has 0 aromatic heterocycles. The molecular weight excluding hydrogens is 334 g/mol. The topological polar surface area (TPSA) is 35.6 Å². The fourth-order valence-electron chi connectivity index (χ4n) is 3.64. The zero-order chi connectivity index (χ0) is 19.2. The number of nitrogens with one attached hydrogen (secondary N) is 1. The van der Waals surface area contributed by atoms with E-state index in [4.69, 9.17) is 0 Å². The van der Waals surface area contributed by atoms with E-state index < -0.39 is 0 Å². The average Bonchev–Trinajstić information content (AvgIpc) is 2.68. The zero-order valence-electron chi connectivity index (χ0n) is 16.8. The van der Waals surface area contributed by atoms with Gasteiger partial charge in [-0.25, -0.2) is 0 Å². The third-order valence-corrected chi connectivity index (χ3v) is 5.68. The Bertz CT molecular complexity index is 779. The number of benzene rings is 2. The molecule has 4 heteroatoms. The molecule has 4 nitrogen and oxygen atoms in total. The van der Waals surface area contributed by atoms with Crippen LogP contribution in [-0.2, 0) is 11.3 Å². The maximum absolute atomic E-state index is 12.2. The summed E-state index contributed by atoms with van der Waals surface area (Å²) < 4.78 is 0. The molecule has 0 bridgehead atoms. The molecule has 0 radical (unpaired) electrons. The summed E-state index contributed by atoms with van der Waals surface area (Å²) >= 11 is 0. The summed E-state index contributed by atoms with van der Waals surface area (Å²) in [5.41, 5.74) is 6.49. The zero-order valence-corrected chi connectivity index (χ0v) is 16.8. The third-order valence-electron chi connectivity index (χ3n) is 5.68. The molecule has 1 aliphatic rings. The Morgan fingerprint density at radius 1 is 0.926 bits per heavy atom. The summed E-state index contributed by atoms with van der Waals surface area (Å²) in [6, 6.07) is 14.7. The molecule has 1 fully saturated rings. The van der Waals surface area contributed by atoms with Gasteiger partial charge in [0.1, 0.15) is 0 Å². The van der Waals surface area contributed by atoms with Crippen LogP contribution >= 0.6 is 0 Å². The summed E-state index contributed by atoms with van der Waals surface area (Å²) in [5, 5.41) is 3.05. The van der Waals surface area contributed by atoms with E-state index in [0.717, 1.165) is 32.7 Å². The number of aryl methyl sites for hydroxylation is 2. The van der Waals surface area contributed by atoms with Crippen LogP contribution in [0.1, 0.15) is 28.7 Å². The second-order valence-electron chi connectivity index (χ2n) is 7.50. The fourth-order valence-corrected chi connectivity index (χ4v) is 3.64. The van der Waals surface area contributed by atoms with Crippen LogP contribution in [0.25, 0.3) is 0 Å². The van der Waals surface area contributed by atoms with Crippen molar-refractivity contribution in [3.8, 4) is 0 Å². The van der Waals surface area contributed by atoms with Crippen LogP contribution in [0.3, 0.4) is 0 Å². The largest absolute Gasteiger partial charge is 0.369 e. The number of piperazine rings is 1. The van der Waals surface area contributed by atoms with Gasteiger partial charge in [0.15, 0.2) is 0 Å². The van der Waals surface area contributed by atoms with Gasteiger partial charge in [0, 0.05) is 51.4 Å². The molecule has 1 N–H and O–H groups in total. The minimum Gasteiger partial charge on any atom is -0.369 e. The van der Waals surface area contributed by atoms with Gasteiger partial charge in [-0.15, -0.1) is 0 Å². The van der Waals surface area contributed by atoms with Gasteiger partial charge in [0.05, 0.1) is 0 Å². The van der Waals surface area contributed by atoms with E-state index >= 15 is 0 Å². The number of hydrogen-bond acceptors (Lipinski definition) is 3. The maximum atomic E-state index is 12.2. The van der Waals surface area contributed by atoms with Crippen LogP contribution in [0.5, 0.6) is 0 Å². The molecule has 0 aliphatic carbocycles. The van der Waals surface area contributed by atoms with Crippen molar-refractivity contribution in [1.29, 1.82) is 0 Å². The van der Waals surface area contributed by atoms with Crippen molar-refractivity contribution in [1.82, 2.24) is 10.2 Å². The monoisotopic (exact) mass is 365 g/mol. The second-order valence-corrected chi connectivity index (χ2v) is 7.50. The maximum Gasteiger partial charge on any atom is 0.221 e. The van der Waals surface area contributed by atoms with Crippen LogP contribution in [0.4, 0.5) is 5.69 Å². The van der Waals surface area contributed by atoms with Crippen molar-refractivity contribution in [2.45, 2.75) is 33.7 Å². The van der Waals surface area contributed by atoms with Crippen LogP contribution in [0.15, 0.2) is 42.5 Å². The van der Waals surface area contributed by atoms with Gasteiger partial charge in [-0.3, -0.25) is 9.69 Å². The smallest absolute Gasteiger partial charge is 0.221 e. The molecule has 144 valence electrons. The van der Waals surface area contributed by atoms with E-state index in [2.05, 4.69) is 66.2 Å². The SMILES string of the molecule is Cc1ccccc1CNC(=O)CCN1CCN(c2cccc(C)c2C)CC1. The predicted octanol–water partition coefficient (Wildman–Crippen LogP) is 3.44. The van der Waals surface area contributed by atoms with Crippen molar-refractivity contribution < 1.29 is 4.79 Å². The molecule has 1 saturated heterocycles. The molecule has 1 aliphatic heterocycles. The normalized spacial score (nSPS) is 15.0. The summed E-state index contributed by atoms with van der Waals surface area (Å²) in [6.07, 6.45) is 0.565. The van der Waals surface area contributed by atoms with Crippen molar-refractivity contribution in [2.75, 3.05) is 37.6 Å². The van der Waals surface area contributed by atoms with E-state index in [1.807, 2.05) is 12.1 Å². The van der Waals surface area contributed by atoms with E-state index in [1.165, 1.54) is 27.9 Å². The second kappa shape index (κ2) is 9.05. The number of amides is 1. The first-order chi connectivity index (χ1) is 13.0. The van der Waals surface area contributed by atoms with Crippen LogP contribution in [0.2, 0.25) is 0 Å². The number of carbonyl (C=O) groups is 1. The third kappa shape index (κ3) is 5.10. The Morgan fingerprint density at radius 3 is 2.37 bits per heavy atom. The van der Waals surface area contributed by atoms with Crippen molar-refractivity contribution in [2.24, 2.45) is 0 Å². The summed E-state index contributed by atoms with van der Waals surface area (Å²) in [6.45, 7) is 12.0. The Morgan fingerprint density at radius 2 is 1.63 bits per heavy atom. The fraction of sp³-hybridized carbons (Fsp3) is 0.435. The minimum absolute atomic E-state index is 0.134. The van der Waals surface area contributed by atoms with Crippen molar-refractivity contribution >= 4 is 11.6 Å². The Balaban J connectivity index is 1.41. The van der Waals surface area contributed by atoms with E-state index in [1.54, 1.807) is 0 Å². The van der Waals surface area contributed by atoms with Gasteiger partial charge in [0.25, 0.3) is 0 Å². The standard InChI is InChI=1S/C23H31N3O/c1-18-8-6-10-22(20(18)3)26-15-13-25(14-16-26)12-11-23(27)24-17-21-9-5-4-7-19(21)2/h4-10H,11-17H2,1-3H3,(H,24,27). The molecule has 0 spiro atoms. The molecule has 0 unspecified atom stereocenters. The van der Waals surface area contributed by atoms with Crippen molar-refractivity contribution in [3.63, 3.8) is 0 Å². The lowest BCUT2D eigenvalue weighted by molar-refractivity contribution is -0.121. The Labute approximate surface area is 163 Å². The molecule has 1 amide bonds. The first-order valence-corrected chi connectivity index (χ1v) is 9.89. The van der Waals surface area contributed by atoms with E-state index in [0.29, 0.717) is 13.0 Å². The van der Waals surface area contributed by atoms with Gasteiger partial charge in [-0.1, -0.05) is 36.4 Å². The number of carbonyl (C=O) groups excluding carboxylic acids is 1. The first kappa shape index (κ1) is 19.4. The van der Waals surface area contributed by atoms with Gasteiger partial charge in [-0.2, -0.15) is 0 Å².